The zero-order valence-electron chi connectivity index (χ0n) is 16.9. The Morgan fingerprint density at radius 3 is 2.93 bits per heavy atom. The van der Waals surface area contributed by atoms with Gasteiger partial charge in [0.05, 0.1) is 6.54 Å². The van der Waals surface area contributed by atoms with Crippen molar-refractivity contribution in [1.29, 1.82) is 0 Å². The van der Waals surface area contributed by atoms with Crippen LogP contribution in [0, 0.1) is 0 Å². The van der Waals surface area contributed by atoms with Gasteiger partial charge in [-0.25, -0.2) is 0 Å². The summed E-state index contributed by atoms with van der Waals surface area (Å²) in [5, 5.41) is 9.01. The van der Waals surface area contributed by atoms with Crippen LogP contribution < -0.4 is 20.1 Å². The van der Waals surface area contributed by atoms with Crippen molar-refractivity contribution in [2.45, 2.75) is 32.0 Å². The van der Waals surface area contributed by atoms with Crippen LogP contribution in [0.5, 0.6) is 11.5 Å². The van der Waals surface area contributed by atoms with Crippen LogP contribution in [-0.2, 0) is 13.0 Å². The second-order valence-corrected chi connectivity index (χ2v) is 8.27. The second-order valence-electron chi connectivity index (χ2n) is 7.27. The van der Waals surface area contributed by atoms with E-state index in [1.807, 2.05) is 35.6 Å². The number of para-hydroxylation sites is 2. The fraction of sp³-hybridized carbons (Fsp3) is 0.476. The molecule has 2 unspecified atom stereocenters. The molecule has 2 aromatic rings. The van der Waals surface area contributed by atoms with E-state index in [4.69, 9.17) is 9.47 Å². The van der Waals surface area contributed by atoms with Crippen molar-refractivity contribution in [3.63, 3.8) is 0 Å². The Kier molecular flexibility index (Phi) is 8.02. The molecule has 2 atom stereocenters. The van der Waals surface area contributed by atoms with Gasteiger partial charge in [-0.05, 0) is 42.5 Å². The van der Waals surface area contributed by atoms with Gasteiger partial charge in [-0.15, -0.1) is 35.3 Å². The SMILES string of the molecule is CN=C(NCC1COc2ccccc2O1)NCC(C)N1CCc2sccc2C1.I. The lowest BCUT2D eigenvalue weighted by molar-refractivity contribution is 0.0935. The molecule has 158 valence electrons. The third kappa shape index (κ3) is 5.55. The number of rotatable bonds is 5. The molecule has 0 saturated carbocycles. The quantitative estimate of drug-likeness (QED) is 0.355. The maximum absolute atomic E-state index is 6.00. The highest BCUT2D eigenvalue weighted by atomic mass is 127. The highest BCUT2D eigenvalue weighted by Crippen LogP contribution is 2.30. The minimum atomic E-state index is -0.0371. The molecule has 0 amide bonds. The van der Waals surface area contributed by atoms with E-state index in [1.54, 1.807) is 11.9 Å². The average Bonchev–Trinajstić information content (AvgIpc) is 3.21. The first-order valence-electron chi connectivity index (χ1n) is 9.85. The van der Waals surface area contributed by atoms with Crippen molar-refractivity contribution in [3.05, 3.63) is 46.2 Å². The number of guanidine groups is 1. The van der Waals surface area contributed by atoms with Crippen LogP contribution in [0.15, 0.2) is 40.7 Å². The molecule has 3 heterocycles. The van der Waals surface area contributed by atoms with Gasteiger partial charge in [-0.1, -0.05) is 12.1 Å². The molecule has 2 aliphatic heterocycles. The molecular formula is C21H29IN4O2S. The Morgan fingerprint density at radius 1 is 1.28 bits per heavy atom. The molecular weight excluding hydrogens is 499 g/mol. The molecule has 4 rings (SSSR count). The van der Waals surface area contributed by atoms with Gasteiger partial charge in [0.25, 0.3) is 0 Å². The molecule has 0 aliphatic carbocycles. The van der Waals surface area contributed by atoms with Gasteiger partial charge < -0.3 is 20.1 Å². The number of halogens is 1. The average molecular weight is 528 g/mol. The first-order chi connectivity index (χ1) is 13.7. The summed E-state index contributed by atoms with van der Waals surface area (Å²) in [6, 6.07) is 10.5. The molecule has 0 bridgehead atoms. The van der Waals surface area contributed by atoms with Gasteiger partial charge in [0, 0.05) is 37.6 Å². The zero-order valence-corrected chi connectivity index (χ0v) is 20.0. The molecule has 1 aromatic carbocycles. The first kappa shape index (κ1) is 22.2. The number of fused-ring (bicyclic) bond motifs is 2. The van der Waals surface area contributed by atoms with Gasteiger partial charge in [0.2, 0.25) is 0 Å². The minimum absolute atomic E-state index is 0. The molecule has 8 heteroatoms. The number of aliphatic imine (C=N–C) groups is 1. The van der Waals surface area contributed by atoms with Crippen LogP contribution in [0.4, 0.5) is 0 Å². The van der Waals surface area contributed by atoms with Crippen molar-refractivity contribution in [2.24, 2.45) is 4.99 Å². The largest absolute Gasteiger partial charge is 0.486 e. The molecule has 29 heavy (non-hydrogen) atoms. The molecule has 0 saturated heterocycles. The Balaban J connectivity index is 0.00000240. The fourth-order valence-corrected chi connectivity index (χ4v) is 4.50. The standard InChI is InChI=1S/C21H28N4O2S.HI/c1-15(25-9-7-20-16(13-25)8-10-28-20)11-23-21(22-2)24-12-17-14-26-18-5-3-4-6-19(18)27-17;/h3-6,8,10,15,17H,7,9,11-14H2,1-2H3,(H2,22,23,24);1H. The summed E-state index contributed by atoms with van der Waals surface area (Å²) >= 11 is 1.88. The monoisotopic (exact) mass is 528 g/mol. The van der Waals surface area contributed by atoms with Crippen molar-refractivity contribution in [3.8, 4) is 11.5 Å². The van der Waals surface area contributed by atoms with E-state index in [9.17, 15) is 0 Å². The zero-order chi connectivity index (χ0) is 19.3. The first-order valence-corrected chi connectivity index (χ1v) is 10.7. The van der Waals surface area contributed by atoms with Crippen LogP contribution in [0.1, 0.15) is 17.4 Å². The van der Waals surface area contributed by atoms with E-state index in [0.29, 0.717) is 19.2 Å². The Labute approximate surface area is 193 Å². The van der Waals surface area contributed by atoms with Gasteiger partial charge >= 0.3 is 0 Å². The van der Waals surface area contributed by atoms with E-state index < -0.39 is 0 Å². The summed E-state index contributed by atoms with van der Waals surface area (Å²) < 4.78 is 11.8. The molecule has 2 aliphatic rings. The lowest BCUT2D eigenvalue weighted by atomic mass is 10.1. The predicted molar refractivity (Wildman–Crippen MR) is 129 cm³/mol. The van der Waals surface area contributed by atoms with E-state index in [1.165, 1.54) is 5.56 Å². The molecule has 0 spiro atoms. The Morgan fingerprint density at radius 2 is 2.10 bits per heavy atom. The van der Waals surface area contributed by atoms with Gasteiger partial charge in [0.1, 0.15) is 12.7 Å². The maximum atomic E-state index is 6.00. The van der Waals surface area contributed by atoms with Crippen LogP contribution in [-0.4, -0.2) is 56.3 Å². The van der Waals surface area contributed by atoms with Gasteiger partial charge in [-0.2, -0.15) is 0 Å². The maximum Gasteiger partial charge on any atom is 0.191 e. The number of nitrogens with one attached hydrogen (secondary N) is 2. The van der Waals surface area contributed by atoms with E-state index in [-0.39, 0.29) is 30.1 Å². The summed E-state index contributed by atoms with van der Waals surface area (Å²) in [7, 11) is 1.80. The van der Waals surface area contributed by atoms with Crippen LogP contribution >= 0.6 is 35.3 Å². The lowest BCUT2D eigenvalue weighted by Gasteiger charge is -2.33. The normalized spacial score (nSPS) is 19.7. The lowest BCUT2D eigenvalue weighted by Crippen LogP contribution is -2.49. The summed E-state index contributed by atoms with van der Waals surface area (Å²) in [5.41, 5.74) is 1.49. The Bertz CT molecular complexity index is 829. The molecule has 0 radical (unpaired) electrons. The highest BCUT2D eigenvalue weighted by molar-refractivity contribution is 14.0. The van der Waals surface area contributed by atoms with E-state index >= 15 is 0 Å². The van der Waals surface area contributed by atoms with Crippen LogP contribution in [0.2, 0.25) is 0 Å². The van der Waals surface area contributed by atoms with Crippen molar-refractivity contribution in [2.75, 3.05) is 33.3 Å². The van der Waals surface area contributed by atoms with Crippen molar-refractivity contribution in [1.82, 2.24) is 15.5 Å². The fourth-order valence-electron chi connectivity index (χ4n) is 3.61. The van der Waals surface area contributed by atoms with Crippen molar-refractivity contribution >= 4 is 41.3 Å². The molecule has 2 N–H and O–H groups in total. The summed E-state index contributed by atoms with van der Waals surface area (Å²) in [5.74, 6) is 2.41. The highest BCUT2D eigenvalue weighted by Gasteiger charge is 2.23. The Hall–Kier alpha value is -1.52. The number of hydrogen-bond acceptors (Lipinski definition) is 5. The summed E-state index contributed by atoms with van der Waals surface area (Å²) in [6.07, 6.45) is 1.12. The number of nitrogens with zero attached hydrogens (tertiary/aromatic N) is 2. The van der Waals surface area contributed by atoms with Crippen LogP contribution in [0.25, 0.3) is 0 Å². The molecule has 0 fully saturated rings. The van der Waals surface area contributed by atoms with Crippen LogP contribution in [0.3, 0.4) is 0 Å². The number of benzene rings is 1. The van der Waals surface area contributed by atoms with Gasteiger partial charge in [0.15, 0.2) is 17.5 Å². The molecule has 6 nitrogen and oxygen atoms in total. The smallest absolute Gasteiger partial charge is 0.191 e. The number of hydrogen-bond donors (Lipinski definition) is 2. The third-order valence-corrected chi connectivity index (χ3v) is 6.34. The molecule has 1 aromatic heterocycles. The van der Waals surface area contributed by atoms with Gasteiger partial charge in [-0.3, -0.25) is 9.89 Å². The third-order valence-electron chi connectivity index (χ3n) is 5.31. The predicted octanol–water partition coefficient (Wildman–Crippen LogP) is 3.12. The summed E-state index contributed by atoms with van der Waals surface area (Å²) in [4.78, 5) is 8.42. The number of thiophene rings is 1. The second kappa shape index (κ2) is 10.5. The summed E-state index contributed by atoms with van der Waals surface area (Å²) in [6.45, 7) is 6.46. The van der Waals surface area contributed by atoms with Crippen molar-refractivity contribution < 1.29 is 9.47 Å². The van der Waals surface area contributed by atoms with E-state index in [2.05, 4.69) is 38.9 Å². The topological polar surface area (TPSA) is 58.1 Å². The minimum Gasteiger partial charge on any atom is -0.486 e. The van der Waals surface area contributed by atoms with E-state index in [0.717, 1.165) is 43.5 Å². The number of ether oxygens (including phenoxy) is 2.